The van der Waals surface area contributed by atoms with Gasteiger partial charge < -0.3 is 9.80 Å². The first-order valence-electron chi connectivity index (χ1n) is 5.44. The molecule has 0 bridgehead atoms. The van der Waals surface area contributed by atoms with Crippen molar-refractivity contribution >= 4 is 5.84 Å². The molecule has 0 aromatic heterocycles. The third-order valence-electron chi connectivity index (χ3n) is 3.13. The lowest BCUT2D eigenvalue weighted by atomic mass is 9.73. The predicted octanol–water partition coefficient (Wildman–Crippen LogP) is 1.35. The van der Waals surface area contributed by atoms with E-state index >= 15 is 0 Å². The van der Waals surface area contributed by atoms with Gasteiger partial charge >= 0.3 is 0 Å². The highest BCUT2D eigenvalue weighted by Gasteiger charge is 2.50. The lowest BCUT2D eigenvalue weighted by molar-refractivity contribution is -0.0732. The molecule has 0 saturated carbocycles. The van der Waals surface area contributed by atoms with E-state index in [1.807, 2.05) is 25.3 Å². The number of likely N-dealkylation sites (tertiary alicyclic amines) is 2. The van der Waals surface area contributed by atoms with Crippen molar-refractivity contribution in [3.8, 4) is 0 Å². The molecule has 3 heteroatoms. The maximum atomic E-state index is 4.36. The molecule has 0 aromatic carbocycles. The molecule has 0 aliphatic carbocycles. The van der Waals surface area contributed by atoms with E-state index in [4.69, 9.17) is 0 Å². The van der Waals surface area contributed by atoms with Crippen LogP contribution in [0.3, 0.4) is 0 Å². The summed E-state index contributed by atoms with van der Waals surface area (Å²) >= 11 is 0. The van der Waals surface area contributed by atoms with Gasteiger partial charge in [0.2, 0.25) is 0 Å². The summed E-state index contributed by atoms with van der Waals surface area (Å²) in [4.78, 5) is 9.03. The van der Waals surface area contributed by atoms with E-state index in [0.29, 0.717) is 5.41 Å². The second-order valence-electron chi connectivity index (χ2n) is 4.70. The van der Waals surface area contributed by atoms with Crippen LogP contribution in [0.4, 0.5) is 0 Å². The smallest absolute Gasteiger partial charge is 0.127 e. The SMILES string of the molecule is C=CC(=N/C=C\C)N1CC2(CN(C)C2)C1. The van der Waals surface area contributed by atoms with Crippen LogP contribution >= 0.6 is 0 Å². The topological polar surface area (TPSA) is 18.8 Å². The molecule has 2 saturated heterocycles. The lowest BCUT2D eigenvalue weighted by Gasteiger charge is -2.60. The normalized spacial score (nSPS) is 25.5. The molecule has 1 spiro atoms. The molecule has 15 heavy (non-hydrogen) atoms. The third-order valence-corrected chi connectivity index (χ3v) is 3.13. The number of allylic oxidation sites excluding steroid dienone is 1. The molecule has 2 rings (SSSR count). The summed E-state index contributed by atoms with van der Waals surface area (Å²) in [6, 6.07) is 0. The van der Waals surface area contributed by atoms with Crippen LogP contribution in [0.2, 0.25) is 0 Å². The van der Waals surface area contributed by atoms with Gasteiger partial charge in [0, 0.05) is 37.8 Å². The standard InChI is InChI=1S/C12H19N3/c1-4-6-13-11(5-2)15-9-12(10-15)7-14(3)8-12/h4-6H,2,7-10H2,1,3H3/b6-4-,13-11?. The van der Waals surface area contributed by atoms with E-state index < -0.39 is 0 Å². The van der Waals surface area contributed by atoms with Crippen molar-refractivity contribution in [3.63, 3.8) is 0 Å². The summed E-state index contributed by atoms with van der Waals surface area (Å²) in [7, 11) is 2.18. The average molecular weight is 205 g/mol. The van der Waals surface area contributed by atoms with Crippen molar-refractivity contribution < 1.29 is 0 Å². The first-order valence-corrected chi connectivity index (χ1v) is 5.44. The van der Waals surface area contributed by atoms with Gasteiger partial charge in [-0.1, -0.05) is 12.7 Å². The van der Waals surface area contributed by atoms with Crippen LogP contribution < -0.4 is 0 Å². The second kappa shape index (κ2) is 3.81. The van der Waals surface area contributed by atoms with Crippen LogP contribution in [0.15, 0.2) is 29.9 Å². The first-order chi connectivity index (χ1) is 7.19. The Morgan fingerprint density at radius 1 is 1.33 bits per heavy atom. The van der Waals surface area contributed by atoms with Crippen LogP contribution in [0.25, 0.3) is 0 Å². The maximum absolute atomic E-state index is 4.36. The van der Waals surface area contributed by atoms with E-state index in [9.17, 15) is 0 Å². The molecule has 2 fully saturated rings. The predicted molar refractivity (Wildman–Crippen MR) is 63.9 cm³/mol. The quantitative estimate of drug-likeness (QED) is 0.500. The van der Waals surface area contributed by atoms with E-state index in [1.54, 1.807) is 0 Å². The molecule has 3 nitrogen and oxygen atoms in total. The van der Waals surface area contributed by atoms with Crippen molar-refractivity contribution in [2.75, 3.05) is 33.2 Å². The Labute approximate surface area is 91.8 Å². The summed E-state index contributed by atoms with van der Waals surface area (Å²) in [5.41, 5.74) is 0.564. The summed E-state index contributed by atoms with van der Waals surface area (Å²) in [6.45, 7) is 10.5. The Morgan fingerprint density at radius 2 is 2.00 bits per heavy atom. The van der Waals surface area contributed by atoms with Gasteiger partial charge in [-0.2, -0.15) is 0 Å². The zero-order chi connectivity index (χ0) is 10.9. The number of rotatable bonds is 2. The van der Waals surface area contributed by atoms with Crippen molar-refractivity contribution in [3.05, 3.63) is 24.9 Å². The fourth-order valence-corrected chi connectivity index (χ4v) is 2.64. The fourth-order valence-electron chi connectivity index (χ4n) is 2.64. The molecule has 0 atom stereocenters. The molecule has 0 aromatic rings. The fraction of sp³-hybridized carbons (Fsp3) is 0.583. The Kier molecular flexibility index (Phi) is 2.65. The minimum absolute atomic E-state index is 0.564. The molecule has 2 heterocycles. The highest BCUT2D eigenvalue weighted by atomic mass is 15.3. The van der Waals surface area contributed by atoms with Crippen LogP contribution in [0.5, 0.6) is 0 Å². The monoisotopic (exact) mass is 205 g/mol. The number of amidine groups is 1. The number of aliphatic imine (C=N–C) groups is 1. The lowest BCUT2D eigenvalue weighted by Crippen LogP contribution is -2.71. The van der Waals surface area contributed by atoms with Crippen LogP contribution in [0, 0.1) is 5.41 Å². The Balaban J connectivity index is 1.90. The van der Waals surface area contributed by atoms with Gasteiger partial charge in [0.05, 0.1) is 0 Å². The number of hydrogen-bond acceptors (Lipinski definition) is 2. The van der Waals surface area contributed by atoms with Gasteiger partial charge in [-0.15, -0.1) is 0 Å². The van der Waals surface area contributed by atoms with Crippen LogP contribution in [-0.4, -0.2) is 48.9 Å². The molecule has 0 N–H and O–H groups in total. The molecule has 0 radical (unpaired) electrons. The van der Waals surface area contributed by atoms with Gasteiger partial charge in [0.1, 0.15) is 5.84 Å². The van der Waals surface area contributed by atoms with Crippen molar-refractivity contribution in [1.29, 1.82) is 0 Å². The van der Waals surface area contributed by atoms with Gasteiger partial charge in [-0.3, -0.25) is 0 Å². The zero-order valence-electron chi connectivity index (χ0n) is 9.61. The summed E-state index contributed by atoms with van der Waals surface area (Å²) in [5.74, 6) is 1.01. The number of hydrogen-bond donors (Lipinski definition) is 0. The summed E-state index contributed by atoms with van der Waals surface area (Å²) in [6.07, 6.45) is 5.61. The Bertz CT molecular complexity index is 303. The maximum Gasteiger partial charge on any atom is 0.127 e. The van der Waals surface area contributed by atoms with E-state index in [1.165, 1.54) is 13.1 Å². The van der Waals surface area contributed by atoms with Crippen molar-refractivity contribution in [1.82, 2.24) is 9.80 Å². The van der Waals surface area contributed by atoms with E-state index in [-0.39, 0.29) is 0 Å². The van der Waals surface area contributed by atoms with Crippen molar-refractivity contribution in [2.45, 2.75) is 6.92 Å². The second-order valence-corrected chi connectivity index (χ2v) is 4.70. The van der Waals surface area contributed by atoms with Gasteiger partial charge in [0.25, 0.3) is 0 Å². The highest BCUT2D eigenvalue weighted by Crippen LogP contribution is 2.38. The molecule has 0 unspecified atom stereocenters. The molecule has 2 aliphatic heterocycles. The Hall–Kier alpha value is -1.09. The highest BCUT2D eigenvalue weighted by molar-refractivity contribution is 5.93. The van der Waals surface area contributed by atoms with Gasteiger partial charge in [-0.25, -0.2) is 4.99 Å². The van der Waals surface area contributed by atoms with E-state index in [0.717, 1.165) is 18.9 Å². The van der Waals surface area contributed by atoms with Crippen LogP contribution in [0.1, 0.15) is 6.92 Å². The first kappa shape index (κ1) is 10.4. The summed E-state index contributed by atoms with van der Waals surface area (Å²) in [5, 5.41) is 0. The third kappa shape index (κ3) is 1.84. The minimum Gasteiger partial charge on any atom is -0.355 e. The average Bonchev–Trinajstić information content (AvgIpc) is 2.12. The minimum atomic E-state index is 0.564. The molecule has 82 valence electrons. The molecule has 2 aliphatic rings. The molecular formula is C12H19N3. The molecule has 0 amide bonds. The Morgan fingerprint density at radius 3 is 2.47 bits per heavy atom. The largest absolute Gasteiger partial charge is 0.355 e. The van der Waals surface area contributed by atoms with Gasteiger partial charge in [-0.05, 0) is 20.0 Å². The number of nitrogens with zero attached hydrogens (tertiary/aromatic N) is 3. The zero-order valence-corrected chi connectivity index (χ0v) is 9.61. The molecular weight excluding hydrogens is 186 g/mol. The van der Waals surface area contributed by atoms with Crippen molar-refractivity contribution in [2.24, 2.45) is 10.4 Å². The summed E-state index contributed by atoms with van der Waals surface area (Å²) < 4.78 is 0. The van der Waals surface area contributed by atoms with Gasteiger partial charge in [0.15, 0.2) is 0 Å². The van der Waals surface area contributed by atoms with Crippen LogP contribution in [-0.2, 0) is 0 Å². The van der Waals surface area contributed by atoms with E-state index in [2.05, 4.69) is 28.4 Å².